The van der Waals surface area contributed by atoms with Crippen molar-refractivity contribution in [3.05, 3.63) is 60.3 Å². The van der Waals surface area contributed by atoms with Gasteiger partial charge in [0.15, 0.2) is 5.57 Å². The third kappa shape index (κ3) is 4.71. The molecule has 2 N–H and O–H groups in total. The third-order valence-electron chi connectivity index (χ3n) is 4.02. The Morgan fingerprint density at radius 2 is 1.57 bits per heavy atom. The molecule has 1 saturated heterocycles. The lowest BCUT2D eigenvalue weighted by molar-refractivity contribution is -0.222. The van der Waals surface area contributed by atoms with Crippen LogP contribution in [0.15, 0.2) is 65.2 Å². The third-order valence-corrected chi connectivity index (χ3v) is 5.40. The highest BCUT2D eigenvalue weighted by Crippen LogP contribution is 2.27. The fourth-order valence-corrected chi connectivity index (χ4v) is 3.67. The van der Waals surface area contributed by atoms with E-state index < -0.39 is 27.7 Å². The van der Waals surface area contributed by atoms with Crippen molar-refractivity contribution in [3.63, 3.8) is 0 Å². The molecule has 3 rings (SSSR count). The molecule has 30 heavy (non-hydrogen) atoms. The van der Waals surface area contributed by atoms with Crippen molar-refractivity contribution in [1.29, 1.82) is 0 Å². The van der Waals surface area contributed by atoms with Gasteiger partial charge in [0.05, 0.1) is 17.7 Å². The maximum atomic E-state index is 12.6. The second kappa shape index (κ2) is 8.07. The van der Waals surface area contributed by atoms with Gasteiger partial charge in [0, 0.05) is 25.7 Å². The summed E-state index contributed by atoms with van der Waals surface area (Å²) >= 11 is 0. The number of hydrogen-bond donors (Lipinski definition) is 2. The number of cyclic esters (lactones) is 2. The first-order valence-electron chi connectivity index (χ1n) is 8.80. The number of nitrogens with one attached hydrogen (secondary N) is 2. The molecule has 158 valence electrons. The van der Waals surface area contributed by atoms with E-state index in [0.29, 0.717) is 17.1 Å². The van der Waals surface area contributed by atoms with Crippen LogP contribution in [0.1, 0.15) is 13.8 Å². The maximum Gasteiger partial charge on any atom is 0.350 e. The number of hydrogen-bond acceptors (Lipinski definition) is 8. The van der Waals surface area contributed by atoms with E-state index in [4.69, 9.17) is 14.2 Å². The quantitative estimate of drug-likeness (QED) is 0.406. The van der Waals surface area contributed by atoms with Gasteiger partial charge in [0.1, 0.15) is 5.75 Å². The number of sulfonamides is 1. The average molecular weight is 432 g/mol. The Balaban J connectivity index is 1.73. The molecule has 0 amide bonds. The fraction of sp³-hybridized carbons (Fsp3) is 0.200. The first kappa shape index (κ1) is 21.2. The number of para-hydroxylation sites is 2. The predicted octanol–water partition coefficient (Wildman–Crippen LogP) is 2.63. The summed E-state index contributed by atoms with van der Waals surface area (Å²) in [5.74, 6) is -2.57. The Morgan fingerprint density at radius 3 is 2.17 bits per heavy atom. The molecular weight excluding hydrogens is 412 g/mol. The smallest absolute Gasteiger partial charge is 0.350 e. The van der Waals surface area contributed by atoms with Crippen LogP contribution in [0.25, 0.3) is 0 Å². The molecule has 0 atom stereocenters. The van der Waals surface area contributed by atoms with E-state index in [1.165, 1.54) is 45.2 Å². The van der Waals surface area contributed by atoms with Crippen LogP contribution in [-0.4, -0.2) is 33.3 Å². The van der Waals surface area contributed by atoms with Gasteiger partial charge in [-0.25, -0.2) is 18.0 Å². The van der Waals surface area contributed by atoms with E-state index >= 15 is 0 Å². The Kier molecular flexibility index (Phi) is 5.70. The highest BCUT2D eigenvalue weighted by atomic mass is 32.2. The van der Waals surface area contributed by atoms with E-state index in [1.54, 1.807) is 24.3 Å². The van der Waals surface area contributed by atoms with Crippen LogP contribution in [0.4, 0.5) is 11.4 Å². The van der Waals surface area contributed by atoms with Crippen LogP contribution < -0.4 is 14.8 Å². The lowest BCUT2D eigenvalue weighted by atomic mass is 10.2. The van der Waals surface area contributed by atoms with Crippen molar-refractivity contribution >= 4 is 33.3 Å². The molecule has 0 spiro atoms. The summed E-state index contributed by atoms with van der Waals surface area (Å²) in [7, 11) is -2.40. The number of ether oxygens (including phenoxy) is 3. The van der Waals surface area contributed by atoms with Gasteiger partial charge < -0.3 is 19.5 Å². The number of methoxy groups -OCH3 is 1. The second-order valence-electron chi connectivity index (χ2n) is 6.71. The summed E-state index contributed by atoms with van der Waals surface area (Å²) in [6, 6.07) is 12.4. The molecule has 0 radical (unpaired) electrons. The van der Waals surface area contributed by atoms with Crippen molar-refractivity contribution in [3.8, 4) is 5.75 Å². The summed E-state index contributed by atoms with van der Waals surface area (Å²) in [6.07, 6.45) is 1.15. The van der Waals surface area contributed by atoms with Crippen LogP contribution >= 0.6 is 0 Å². The van der Waals surface area contributed by atoms with Crippen molar-refractivity contribution < 1.29 is 32.2 Å². The fourth-order valence-electron chi connectivity index (χ4n) is 2.60. The van der Waals surface area contributed by atoms with Gasteiger partial charge in [-0.15, -0.1) is 0 Å². The molecule has 1 aliphatic rings. The molecule has 0 bridgehead atoms. The highest BCUT2D eigenvalue weighted by Gasteiger charge is 2.38. The number of carbonyl (C=O) groups excluding carboxylic acids is 2. The van der Waals surface area contributed by atoms with Crippen LogP contribution in [0.2, 0.25) is 0 Å². The first-order valence-corrected chi connectivity index (χ1v) is 10.3. The number of rotatable bonds is 6. The summed E-state index contributed by atoms with van der Waals surface area (Å²) in [6.45, 7) is 2.90. The number of benzene rings is 2. The maximum absolute atomic E-state index is 12.6. The Morgan fingerprint density at radius 1 is 0.967 bits per heavy atom. The van der Waals surface area contributed by atoms with Gasteiger partial charge in [0.2, 0.25) is 0 Å². The zero-order valence-corrected chi connectivity index (χ0v) is 17.3. The van der Waals surface area contributed by atoms with E-state index in [2.05, 4.69) is 10.0 Å². The number of esters is 2. The molecule has 2 aromatic rings. The van der Waals surface area contributed by atoms with Crippen LogP contribution in [-0.2, 0) is 29.1 Å². The van der Waals surface area contributed by atoms with Gasteiger partial charge in [-0.2, -0.15) is 0 Å². The van der Waals surface area contributed by atoms with Crippen LogP contribution in [0.5, 0.6) is 5.75 Å². The zero-order chi connectivity index (χ0) is 21.9. The van der Waals surface area contributed by atoms with Gasteiger partial charge in [0.25, 0.3) is 15.8 Å². The lowest BCUT2D eigenvalue weighted by Crippen LogP contribution is -2.42. The molecule has 2 aromatic carbocycles. The molecule has 0 saturated carbocycles. The van der Waals surface area contributed by atoms with Crippen LogP contribution in [0, 0.1) is 0 Å². The number of anilines is 2. The minimum absolute atomic E-state index is 0.0184. The molecule has 10 heteroatoms. The van der Waals surface area contributed by atoms with Crippen molar-refractivity contribution in [2.75, 3.05) is 17.1 Å². The van der Waals surface area contributed by atoms with Crippen molar-refractivity contribution in [2.24, 2.45) is 0 Å². The Hall–Kier alpha value is -3.53. The van der Waals surface area contributed by atoms with Gasteiger partial charge >= 0.3 is 11.9 Å². The Bertz CT molecular complexity index is 1080. The second-order valence-corrected chi connectivity index (χ2v) is 8.39. The van der Waals surface area contributed by atoms with Crippen LogP contribution in [0.3, 0.4) is 0 Å². The van der Waals surface area contributed by atoms with Gasteiger partial charge in [-0.05, 0) is 36.4 Å². The van der Waals surface area contributed by atoms with E-state index in [0.717, 1.165) is 6.20 Å². The molecule has 0 aromatic heterocycles. The molecule has 0 unspecified atom stereocenters. The summed E-state index contributed by atoms with van der Waals surface area (Å²) in [4.78, 5) is 23.9. The topological polar surface area (TPSA) is 120 Å². The minimum Gasteiger partial charge on any atom is -0.495 e. The molecule has 9 nitrogen and oxygen atoms in total. The summed E-state index contributed by atoms with van der Waals surface area (Å²) < 4.78 is 42.8. The molecular formula is C20H20N2O7S. The van der Waals surface area contributed by atoms with E-state index in [1.807, 2.05) is 0 Å². The van der Waals surface area contributed by atoms with E-state index in [-0.39, 0.29) is 10.5 Å². The first-order chi connectivity index (χ1) is 14.1. The highest BCUT2D eigenvalue weighted by molar-refractivity contribution is 7.92. The zero-order valence-electron chi connectivity index (χ0n) is 16.5. The van der Waals surface area contributed by atoms with Gasteiger partial charge in [-0.1, -0.05) is 12.1 Å². The molecule has 1 heterocycles. The van der Waals surface area contributed by atoms with Gasteiger partial charge in [-0.3, -0.25) is 4.72 Å². The van der Waals surface area contributed by atoms with Crippen molar-refractivity contribution in [1.82, 2.24) is 0 Å². The lowest BCUT2D eigenvalue weighted by Gasteiger charge is -2.29. The molecule has 0 aliphatic carbocycles. The minimum atomic E-state index is -3.85. The standard InChI is InChI=1S/C20H20N2O7S/c1-20(2)28-18(23)15(19(24)29-20)12-21-13-8-10-14(11-9-13)30(25,26)22-16-6-4-5-7-17(16)27-3/h4-12,21-22H,1-3H3. The Labute approximate surface area is 173 Å². The summed E-state index contributed by atoms with van der Waals surface area (Å²) in [5, 5.41) is 2.75. The largest absolute Gasteiger partial charge is 0.495 e. The monoisotopic (exact) mass is 432 g/mol. The number of carbonyl (C=O) groups is 2. The van der Waals surface area contributed by atoms with Crippen molar-refractivity contribution in [2.45, 2.75) is 24.5 Å². The molecule has 1 aliphatic heterocycles. The molecule has 1 fully saturated rings. The SMILES string of the molecule is COc1ccccc1NS(=O)(=O)c1ccc(NC=C2C(=O)OC(C)(C)OC2=O)cc1. The predicted molar refractivity (Wildman–Crippen MR) is 108 cm³/mol. The summed E-state index contributed by atoms with van der Waals surface area (Å²) in [5.41, 5.74) is 0.456. The average Bonchev–Trinajstić information content (AvgIpc) is 2.67. The normalized spacial score (nSPS) is 15.6. The van der Waals surface area contributed by atoms with E-state index in [9.17, 15) is 18.0 Å².